The highest BCUT2D eigenvalue weighted by molar-refractivity contribution is 7.50. The van der Waals surface area contributed by atoms with Crippen molar-refractivity contribution in [3.8, 4) is 5.75 Å². The molecule has 0 aliphatic rings. The normalized spacial score (nSPS) is 11.7. The molecule has 1 heterocycles. The minimum Gasteiger partial charge on any atom is -0.492 e. The monoisotopic (exact) mass is 529 g/mol. The Labute approximate surface area is 201 Å². The number of hydrogen-bond donors (Lipinski definition) is 5. The average Bonchev–Trinajstić information content (AvgIpc) is 2.79. The molecule has 2 aromatic carbocycles. The standard InChI is InChI=1S/C21H20F4N5O5P/c1-26-19(31)12-5-3-4-6-14(12)28-18-13(21(23,24)25)9-27-20(30-18)29-15-8-7-11(10-36(32,33)34)16(22)17(15)35-2/h3-9H,10H2,1-2H3,(H,26,31)(H2,32,33,34)(H2,27,28,29,30). The van der Waals surface area contributed by atoms with E-state index in [1.165, 1.54) is 37.4 Å². The highest BCUT2D eigenvalue weighted by Gasteiger charge is 2.36. The van der Waals surface area contributed by atoms with Crippen molar-refractivity contribution in [2.75, 3.05) is 24.8 Å². The first kappa shape index (κ1) is 26.9. The summed E-state index contributed by atoms with van der Waals surface area (Å²) in [5, 5.41) is 7.43. The van der Waals surface area contributed by atoms with Crippen molar-refractivity contribution in [3.05, 3.63) is 65.1 Å². The van der Waals surface area contributed by atoms with Crippen LogP contribution in [0.25, 0.3) is 0 Å². The maximum absolute atomic E-state index is 14.8. The Balaban J connectivity index is 2.03. The number of rotatable bonds is 8. The minimum atomic E-state index is -4.85. The molecule has 0 radical (unpaired) electrons. The number of carbonyl (C=O) groups excluding carboxylic acids is 1. The van der Waals surface area contributed by atoms with E-state index in [2.05, 4.69) is 25.9 Å². The molecule has 3 aromatic rings. The Morgan fingerprint density at radius 2 is 1.81 bits per heavy atom. The number of hydrogen-bond acceptors (Lipinski definition) is 7. The lowest BCUT2D eigenvalue weighted by molar-refractivity contribution is -0.137. The van der Waals surface area contributed by atoms with Crippen LogP contribution < -0.4 is 20.7 Å². The lowest BCUT2D eigenvalue weighted by Crippen LogP contribution is -2.20. The molecule has 3 rings (SSSR count). The summed E-state index contributed by atoms with van der Waals surface area (Å²) < 4.78 is 71.9. The predicted octanol–water partition coefficient (Wildman–Crippen LogP) is 4.17. The molecule has 0 aliphatic heterocycles. The second-order valence-corrected chi connectivity index (χ2v) is 8.92. The van der Waals surface area contributed by atoms with E-state index in [1.807, 2.05) is 0 Å². The molecule has 0 spiro atoms. The van der Waals surface area contributed by atoms with Crippen LogP contribution in [-0.4, -0.2) is 39.8 Å². The summed E-state index contributed by atoms with van der Waals surface area (Å²) in [6.07, 6.45) is -5.23. The summed E-state index contributed by atoms with van der Waals surface area (Å²) in [6, 6.07) is 8.13. The molecule has 0 unspecified atom stereocenters. The fourth-order valence-electron chi connectivity index (χ4n) is 3.16. The van der Waals surface area contributed by atoms with E-state index < -0.39 is 48.8 Å². The predicted molar refractivity (Wildman–Crippen MR) is 122 cm³/mol. The largest absolute Gasteiger partial charge is 0.492 e. The number of nitrogens with one attached hydrogen (secondary N) is 3. The van der Waals surface area contributed by atoms with E-state index in [1.54, 1.807) is 0 Å². The van der Waals surface area contributed by atoms with Gasteiger partial charge in [-0.1, -0.05) is 18.2 Å². The Kier molecular flexibility index (Phi) is 7.82. The number of aromatic nitrogens is 2. The van der Waals surface area contributed by atoms with Gasteiger partial charge in [0.2, 0.25) is 5.95 Å². The Hall–Kier alpha value is -3.74. The molecule has 5 N–H and O–H groups in total. The van der Waals surface area contributed by atoms with Gasteiger partial charge in [-0.15, -0.1) is 0 Å². The zero-order valence-corrected chi connectivity index (χ0v) is 19.6. The molecule has 0 fully saturated rings. The Morgan fingerprint density at radius 3 is 2.42 bits per heavy atom. The zero-order chi connectivity index (χ0) is 26.7. The van der Waals surface area contributed by atoms with Crippen molar-refractivity contribution < 1.29 is 41.4 Å². The van der Waals surface area contributed by atoms with Crippen LogP contribution in [0.3, 0.4) is 0 Å². The highest BCUT2D eigenvalue weighted by atomic mass is 31.2. The number of benzene rings is 2. The molecular formula is C21H20F4N5O5P. The number of ether oxygens (including phenoxy) is 1. The van der Waals surface area contributed by atoms with Crippen LogP contribution in [0.1, 0.15) is 21.5 Å². The van der Waals surface area contributed by atoms with Gasteiger partial charge in [-0.25, -0.2) is 9.37 Å². The Bertz CT molecular complexity index is 1330. The molecule has 10 nitrogen and oxygen atoms in total. The molecule has 0 atom stereocenters. The summed E-state index contributed by atoms with van der Waals surface area (Å²) in [6.45, 7) is 0. The van der Waals surface area contributed by atoms with Crippen LogP contribution in [0.5, 0.6) is 5.75 Å². The van der Waals surface area contributed by atoms with E-state index in [4.69, 9.17) is 14.5 Å². The van der Waals surface area contributed by atoms with E-state index in [9.17, 15) is 26.9 Å². The number of alkyl halides is 3. The number of methoxy groups -OCH3 is 1. The van der Waals surface area contributed by atoms with Crippen LogP contribution in [0.4, 0.5) is 40.7 Å². The summed E-state index contributed by atoms with van der Waals surface area (Å²) >= 11 is 0. The lowest BCUT2D eigenvalue weighted by Gasteiger charge is -2.17. The third-order valence-electron chi connectivity index (χ3n) is 4.75. The van der Waals surface area contributed by atoms with Crippen molar-refractivity contribution in [2.45, 2.75) is 12.3 Å². The van der Waals surface area contributed by atoms with Gasteiger partial charge in [-0.2, -0.15) is 18.2 Å². The maximum Gasteiger partial charge on any atom is 0.421 e. The molecule has 1 aromatic heterocycles. The number of amides is 1. The van der Waals surface area contributed by atoms with Crippen LogP contribution in [-0.2, 0) is 16.9 Å². The van der Waals surface area contributed by atoms with Crippen LogP contribution in [0, 0.1) is 5.82 Å². The zero-order valence-electron chi connectivity index (χ0n) is 18.7. The summed E-state index contributed by atoms with van der Waals surface area (Å²) in [5.74, 6) is -3.15. The van der Waals surface area contributed by atoms with Gasteiger partial charge in [-0.05, 0) is 18.2 Å². The van der Waals surface area contributed by atoms with Crippen molar-refractivity contribution in [2.24, 2.45) is 0 Å². The third-order valence-corrected chi connectivity index (χ3v) is 5.50. The molecule has 0 saturated carbocycles. The van der Waals surface area contributed by atoms with Gasteiger partial charge in [0.25, 0.3) is 5.91 Å². The number of nitrogens with zero attached hydrogens (tertiary/aromatic N) is 2. The van der Waals surface area contributed by atoms with E-state index >= 15 is 0 Å². The van der Waals surface area contributed by atoms with E-state index in [0.717, 1.165) is 13.2 Å². The second kappa shape index (κ2) is 10.5. The van der Waals surface area contributed by atoms with Gasteiger partial charge in [-0.3, -0.25) is 9.36 Å². The first-order chi connectivity index (χ1) is 16.8. The molecule has 15 heteroatoms. The lowest BCUT2D eigenvalue weighted by atomic mass is 10.1. The fraction of sp³-hybridized carbons (Fsp3) is 0.190. The van der Waals surface area contributed by atoms with Gasteiger partial charge in [0.15, 0.2) is 11.6 Å². The molecule has 0 saturated heterocycles. The number of carbonyl (C=O) groups is 1. The van der Waals surface area contributed by atoms with Crippen molar-refractivity contribution in [1.29, 1.82) is 0 Å². The van der Waals surface area contributed by atoms with Crippen LogP contribution in [0.2, 0.25) is 0 Å². The first-order valence-electron chi connectivity index (χ1n) is 10.0. The number of halogens is 4. The fourth-order valence-corrected chi connectivity index (χ4v) is 3.84. The van der Waals surface area contributed by atoms with Crippen LogP contribution in [0.15, 0.2) is 42.6 Å². The van der Waals surface area contributed by atoms with Gasteiger partial charge >= 0.3 is 13.8 Å². The van der Waals surface area contributed by atoms with Gasteiger partial charge < -0.3 is 30.5 Å². The highest BCUT2D eigenvalue weighted by Crippen LogP contribution is 2.43. The topological polar surface area (TPSA) is 146 Å². The Morgan fingerprint density at radius 1 is 1.11 bits per heavy atom. The summed E-state index contributed by atoms with van der Waals surface area (Å²) in [7, 11) is -2.12. The minimum absolute atomic E-state index is 0.0393. The van der Waals surface area contributed by atoms with E-state index in [0.29, 0.717) is 6.20 Å². The third kappa shape index (κ3) is 6.27. The van der Waals surface area contributed by atoms with Crippen LogP contribution >= 0.6 is 7.60 Å². The van der Waals surface area contributed by atoms with Crippen molar-refractivity contribution >= 4 is 36.6 Å². The first-order valence-corrected chi connectivity index (χ1v) is 11.8. The number of para-hydroxylation sites is 1. The quantitative estimate of drug-likeness (QED) is 0.214. The number of anilines is 4. The average molecular weight is 529 g/mol. The molecule has 1 amide bonds. The molecule has 0 bridgehead atoms. The van der Waals surface area contributed by atoms with Gasteiger partial charge in [0.05, 0.1) is 30.2 Å². The molecule has 36 heavy (non-hydrogen) atoms. The molecule has 192 valence electrons. The SMILES string of the molecule is CNC(=O)c1ccccc1Nc1nc(Nc2ccc(CP(=O)(O)O)c(F)c2OC)ncc1C(F)(F)F. The summed E-state index contributed by atoms with van der Waals surface area (Å²) in [4.78, 5) is 37.9. The van der Waals surface area contributed by atoms with Crippen molar-refractivity contribution in [3.63, 3.8) is 0 Å². The van der Waals surface area contributed by atoms with Crippen molar-refractivity contribution in [1.82, 2.24) is 15.3 Å². The molecular weight excluding hydrogens is 509 g/mol. The van der Waals surface area contributed by atoms with Gasteiger partial charge in [0, 0.05) is 18.8 Å². The van der Waals surface area contributed by atoms with E-state index in [-0.39, 0.29) is 28.5 Å². The maximum atomic E-state index is 14.8. The van der Waals surface area contributed by atoms with Gasteiger partial charge in [0.1, 0.15) is 11.4 Å². The smallest absolute Gasteiger partial charge is 0.421 e. The molecule has 0 aliphatic carbocycles. The summed E-state index contributed by atoms with van der Waals surface area (Å²) in [5.41, 5.74) is -1.56. The second-order valence-electron chi connectivity index (χ2n) is 7.27.